The lowest BCUT2D eigenvalue weighted by Gasteiger charge is -2.42. The molecule has 2 aliphatic rings. The Balaban J connectivity index is 1.36. The first kappa shape index (κ1) is 23.4. The molecule has 0 saturated carbocycles. The molecular formula is C36H27NO2. The molecule has 7 rings (SSSR count). The first-order valence-corrected chi connectivity index (χ1v) is 13.3. The minimum absolute atomic E-state index is 0.204. The van der Waals surface area contributed by atoms with E-state index in [1.54, 1.807) is 6.08 Å². The normalized spacial score (nSPS) is 15.3. The summed E-state index contributed by atoms with van der Waals surface area (Å²) in [4.78, 5) is 29.1. The quantitative estimate of drug-likeness (QED) is 0.178. The maximum atomic E-state index is 13.4. The third kappa shape index (κ3) is 3.50. The van der Waals surface area contributed by atoms with Crippen LogP contribution in [0.5, 0.6) is 0 Å². The number of fused-ring (bicyclic) bond motifs is 4. The van der Waals surface area contributed by atoms with E-state index in [4.69, 9.17) is 0 Å². The van der Waals surface area contributed by atoms with Gasteiger partial charge in [0.05, 0.1) is 16.9 Å². The van der Waals surface area contributed by atoms with E-state index in [9.17, 15) is 9.59 Å². The highest BCUT2D eigenvalue weighted by molar-refractivity contribution is 6.42. The molecule has 0 bridgehead atoms. The zero-order valence-corrected chi connectivity index (χ0v) is 22.2. The monoisotopic (exact) mass is 505 g/mol. The maximum Gasteiger partial charge on any atom is 0.197 e. The maximum absolute atomic E-state index is 13.4. The Morgan fingerprint density at radius 2 is 1.23 bits per heavy atom. The fraction of sp³-hybridized carbons (Fsp3) is 0.111. The Hall–Kier alpha value is -4.76. The van der Waals surface area contributed by atoms with Gasteiger partial charge in [-0.15, -0.1) is 0 Å². The van der Waals surface area contributed by atoms with Crippen LogP contribution in [0.4, 0.5) is 17.1 Å². The summed E-state index contributed by atoms with van der Waals surface area (Å²) in [6, 6.07) is 34.9. The first-order chi connectivity index (χ1) is 18.8. The van der Waals surface area contributed by atoms with Crippen molar-refractivity contribution in [1.29, 1.82) is 0 Å². The topological polar surface area (TPSA) is 37.4 Å². The summed E-state index contributed by atoms with van der Waals surface area (Å²) in [5.41, 5.74) is 8.73. The lowest BCUT2D eigenvalue weighted by Crippen LogP contribution is -2.30. The summed E-state index contributed by atoms with van der Waals surface area (Å²) in [7, 11) is 0. The number of carbonyl (C=O) groups is 2. The molecule has 0 unspecified atom stereocenters. The van der Waals surface area contributed by atoms with Crippen molar-refractivity contribution in [3.8, 4) is 0 Å². The number of rotatable bonds is 2. The predicted molar refractivity (Wildman–Crippen MR) is 159 cm³/mol. The number of anilines is 3. The molecule has 188 valence electrons. The fourth-order valence-corrected chi connectivity index (χ4v) is 6.09. The standard InChI is InChI=1S/C36H27NO2/c1-22-12-15-26(16-13-22)37-32-11-7-6-10-30(32)36(2,3)31-19-23(14-17-33(31)37)18-29-34(38)27-20-24-8-4-5-9-25(24)21-28(27)35(29)39/h4-21H,1-3H3. The van der Waals surface area contributed by atoms with E-state index < -0.39 is 0 Å². The third-order valence-corrected chi connectivity index (χ3v) is 8.22. The molecule has 1 aliphatic carbocycles. The van der Waals surface area contributed by atoms with Crippen molar-refractivity contribution in [2.45, 2.75) is 26.2 Å². The summed E-state index contributed by atoms with van der Waals surface area (Å²) >= 11 is 0. The first-order valence-electron chi connectivity index (χ1n) is 13.3. The van der Waals surface area contributed by atoms with E-state index in [1.807, 2.05) is 42.5 Å². The van der Waals surface area contributed by atoms with Gasteiger partial charge in [-0.05, 0) is 82.9 Å². The number of nitrogens with zero attached hydrogens (tertiary/aromatic N) is 1. The van der Waals surface area contributed by atoms with Crippen LogP contribution < -0.4 is 4.90 Å². The van der Waals surface area contributed by atoms with E-state index in [0.717, 1.165) is 39.0 Å². The van der Waals surface area contributed by atoms with Gasteiger partial charge in [0.25, 0.3) is 0 Å². The summed E-state index contributed by atoms with van der Waals surface area (Å²) in [5.74, 6) is -0.409. The van der Waals surface area contributed by atoms with Crippen molar-refractivity contribution in [1.82, 2.24) is 0 Å². The number of Topliss-reactive ketones (excluding diaryl/α,β-unsaturated/α-hetero) is 2. The summed E-state index contributed by atoms with van der Waals surface area (Å²) in [5, 5.41) is 1.92. The highest BCUT2D eigenvalue weighted by atomic mass is 16.2. The SMILES string of the molecule is Cc1ccc(N2c3ccccc3C(C)(C)c3cc(C=C4C(=O)c5cc6ccccc6cc5C4=O)ccc32)cc1. The molecule has 0 atom stereocenters. The average Bonchev–Trinajstić information content (AvgIpc) is 3.17. The minimum atomic E-state index is -0.272. The summed E-state index contributed by atoms with van der Waals surface area (Å²) in [6.07, 6.45) is 1.77. The van der Waals surface area contributed by atoms with Gasteiger partial charge in [-0.2, -0.15) is 0 Å². The van der Waals surface area contributed by atoms with E-state index in [1.165, 1.54) is 11.1 Å². The second kappa shape index (κ2) is 8.37. The Bertz CT molecular complexity index is 1820. The van der Waals surface area contributed by atoms with Crippen LogP contribution in [-0.2, 0) is 5.41 Å². The van der Waals surface area contributed by atoms with Gasteiger partial charge in [0, 0.05) is 22.2 Å². The van der Waals surface area contributed by atoms with Crippen molar-refractivity contribution in [3.63, 3.8) is 0 Å². The van der Waals surface area contributed by atoms with Crippen LogP contribution in [0.15, 0.2) is 109 Å². The predicted octanol–water partition coefficient (Wildman–Crippen LogP) is 8.72. The largest absolute Gasteiger partial charge is 0.310 e. The average molecular weight is 506 g/mol. The van der Waals surface area contributed by atoms with E-state index >= 15 is 0 Å². The molecule has 3 nitrogen and oxygen atoms in total. The van der Waals surface area contributed by atoms with Gasteiger partial charge in [0.2, 0.25) is 0 Å². The molecule has 1 aliphatic heterocycles. The van der Waals surface area contributed by atoms with Crippen LogP contribution in [0.1, 0.15) is 56.8 Å². The molecule has 1 heterocycles. The molecular weight excluding hydrogens is 478 g/mol. The molecule has 3 heteroatoms. The van der Waals surface area contributed by atoms with Crippen molar-refractivity contribution >= 4 is 45.5 Å². The number of allylic oxidation sites excluding steroid dienone is 1. The number of aryl methyl sites for hydroxylation is 1. The summed E-state index contributed by atoms with van der Waals surface area (Å²) < 4.78 is 0. The van der Waals surface area contributed by atoms with E-state index in [2.05, 4.69) is 86.3 Å². The number of benzene rings is 5. The second-order valence-electron chi connectivity index (χ2n) is 11.1. The lowest BCUT2D eigenvalue weighted by molar-refractivity contribution is 0.0990. The van der Waals surface area contributed by atoms with Crippen LogP contribution in [0.2, 0.25) is 0 Å². The van der Waals surface area contributed by atoms with Gasteiger partial charge in [-0.3, -0.25) is 9.59 Å². The van der Waals surface area contributed by atoms with Gasteiger partial charge < -0.3 is 4.90 Å². The van der Waals surface area contributed by atoms with Crippen LogP contribution in [0, 0.1) is 6.92 Å². The van der Waals surface area contributed by atoms with Gasteiger partial charge in [-0.1, -0.05) is 80.1 Å². The van der Waals surface area contributed by atoms with Gasteiger partial charge >= 0.3 is 0 Å². The van der Waals surface area contributed by atoms with Gasteiger partial charge in [0.15, 0.2) is 11.6 Å². The van der Waals surface area contributed by atoms with Crippen LogP contribution >= 0.6 is 0 Å². The molecule has 0 saturated heterocycles. The minimum Gasteiger partial charge on any atom is -0.310 e. The Labute approximate surface area is 228 Å². The Morgan fingerprint density at radius 3 is 1.90 bits per heavy atom. The second-order valence-corrected chi connectivity index (χ2v) is 11.1. The molecule has 0 radical (unpaired) electrons. The number of hydrogen-bond acceptors (Lipinski definition) is 3. The summed E-state index contributed by atoms with van der Waals surface area (Å²) in [6.45, 7) is 6.57. The molecule has 0 amide bonds. The number of carbonyl (C=O) groups excluding carboxylic acids is 2. The van der Waals surface area contributed by atoms with Crippen LogP contribution in [0.25, 0.3) is 16.8 Å². The lowest BCUT2D eigenvalue weighted by atomic mass is 9.73. The van der Waals surface area contributed by atoms with Crippen molar-refractivity contribution in [2.24, 2.45) is 0 Å². The molecule has 39 heavy (non-hydrogen) atoms. The zero-order chi connectivity index (χ0) is 26.9. The molecule has 5 aromatic rings. The molecule has 0 N–H and O–H groups in total. The third-order valence-electron chi connectivity index (χ3n) is 8.22. The van der Waals surface area contributed by atoms with E-state index in [-0.39, 0.29) is 22.6 Å². The molecule has 0 spiro atoms. The number of ketones is 2. The zero-order valence-electron chi connectivity index (χ0n) is 22.2. The molecule has 0 aromatic heterocycles. The highest BCUT2D eigenvalue weighted by Crippen LogP contribution is 2.52. The molecule has 0 fully saturated rings. The number of hydrogen-bond donors (Lipinski definition) is 0. The number of para-hydroxylation sites is 1. The molecule has 5 aromatic carbocycles. The fourth-order valence-electron chi connectivity index (χ4n) is 6.09. The van der Waals surface area contributed by atoms with Gasteiger partial charge in [-0.25, -0.2) is 0 Å². The smallest absolute Gasteiger partial charge is 0.197 e. The highest BCUT2D eigenvalue weighted by Gasteiger charge is 2.37. The Morgan fingerprint density at radius 1 is 0.641 bits per heavy atom. The van der Waals surface area contributed by atoms with Crippen LogP contribution in [-0.4, -0.2) is 11.6 Å². The van der Waals surface area contributed by atoms with Gasteiger partial charge in [0.1, 0.15) is 0 Å². The Kier molecular flexibility index (Phi) is 5.02. The van der Waals surface area contributed by atoms with Crippen molar-refractivity contribution in [2.75, 3.05) is 4.90 Å². The van der Waals surface area contributed by atoms with Crippen LogP contribution in [0.3, 0.4) is 0 Å². The van der Waals surface area contributed by atoms with Crippen molar-refractivity contribution in [3.05, 3.63) is 142 Å². The van der Waals surface area contributed by atoms with E-state index in [0.29, 0.717) is 11.1 Å². The van der Waals surface area contributed by atoms with Crippen molar-refractivity contribution < 1.29 is 9.59 Å².